The lowest BCUT2D eigenvalue weighted by atomic mass is 10.1. The van der Waals surface area contributed by atoms with E-state index in [1.165, 1.54) is 18.2 Å². The first-order chi connectivity index (χ1) is 9.49. The number of rotatable bonds is 3. The van der Waals surface area contributed by atoms with Crippen molar-refractivity contribution in [1.82, 2.24) is 4.98 Å². The van der Waals surface area contributed by atoms with E-state index in [2.05, 4.69) is 10.3 Å². The van der Waals surface area contributed by atoms with Gasteiger partial charge in [-0.25, -0.2) is 9.78 Å². The monoisotopic (exact) mass is 272 g/mol. The summed E-state index contributed by atoms with van der Waals surface area (Å²) in [5, 5.41) is 20.8. The molecule has 1 aromatic heterocycles. The van der Waals surface area contributed by atoms with Crippen LogP contribution in [0.2, 0.25) is 0 Å². The summed E-state index contributed by atoms with van der Waals surface area (Å²) in [6.07, 6.45) is 1.16. The zero-order chi connectivity index (χ0) is 14.7. The van der Waals surface area contributed by atoms with Gasteiger partial charge in [-0.15, -0.1) is 0 Å². The minimum Gasteiger partial charge on any atom is -0.508 e. The first-order valence-electron chi connectivity index (χ1n) is 5.78. The maximum Gasteiger partial charge on any atom is 0.337 e. The number of hydrogen-bond acceptors (Lipinski definition) is 4. The number of phenolic OH excluding ortho intramolecular Hbond substituents is 1. The topological polar surface area (TPSA) is 99.5 Å². The van der Waals surface area contributed by atoms with Gasteiger partial charge in [0.25, 0.3) is 5.91 Å². The van der Waals surface area contributed by atoms with E-state index in [0.29, 0.717) is 11.1 Å². The summed E-state index contributed by atoms with van der Waals surface area (Å²) in [6.45, 7) is 1.63. The number of aromatic carboxylic acids is 1. The second-order valence-corrected chi connectivity index (χ2v) is 4.14. The fourth-order valence-electron chi connectivity index (χ4n) is 1.65. The molecule has 0 aliphatic carbocycles. The molecule has 0 saturated carbocycles. The number of phenols is 1. The Hall–Kier alpha value is -2.89. The molecule has 0 fully saturated rings. The van der Waals surface area contributed by atoms with Crippen LogP contribution in [0.5, 0.6) is 5.75 Å². The highest BCUT2D eigenvalue weighted by Crippen LogP contribution is 2.20. The number of amides is 1. The molecule has 6 nitrogen and oxygen atoms in total. The molecule has 2 rings (SSSR count). The lowest BCUT2D eigenvalue weighted by Crippen LogP contribution is -2.14. The summed E-state index contributed by atoms with van der Waals surface area (Å²) in [5.41, 5.74) is 0.831. The van der Waals surface area contributed by atoms with Crippen molar-refractivity contribution in [3.63, 3.8) is 0 Å². The summed E-state index contributed by atoms with van der Waals surface area (Å²) in [7, 11) is 0. The van der Waals surface area contributed by atoms with Crippen molar-refractivity contribution in [2.24, 2.45) is 0 Å². The molecule has 0 radical (unpaired) electrons. The number of anilines is 1. The summed E-state index contributed by atoms with van der Waals surface area (Å²) in [5.74, 6) is -1.23. The van der Waals surface area contributed by atoms with E-state index in [9.17, 15) is 14.7 Å². The third-order valence-corrected chi connectivity index (χ3v) is 2.80. The first kappa shape index (κ1) is 13.5. The van der Waals surface area contributed by atoms with Crippen LogP contribution < -0.4 is 5.32 Å². The molecule has 2 aromatic rings. The summed E-state index contributed by atoms with van der Waals surface area (Å²) >= 11 is 0. The zero-order valence-corrected chi connectivity index (χ0v) is 10.6. The second-order valence-electron chi connectivity index (χ2n) is 4.14. The van der Waals surface area contributed by atoms with E-state index in [0.717, 1.165) is 6.20 Å². The summed E-state index contributed by atoms with van der Waals surface area (Å²) in [4.78, 5) is 26.6. The zero-order valence-electron chi connectivity index (χ0n) is 10.6. The molecule has 0 spiro atoms. The third kappa shape index (κ3) is 2.74. The van der Waals surface area contributed by atoms with Crippen molar-refractivity contribution in [3.8, 4) is 5.75 Å². The number of aromatic nitrogens is 1. The minimum atomic E-state index is -1.08. The molecule has 102 valence electrons. The highest BCUT2D eigenvalue weighted by Gasteiger charge is 2.12. The van der Waals surface area contributed by atoms with Crippen molar-refractivity contribution >= 4 is 17.7 Å². The van der Waals surface area contributed by atoms with Gasteiger partial charge in [0.1, 0.15) is 11.6 Å². The Morgan fingerprint density at radius 3 is 2.55 bits per heavy atom. The van der Waals surface area contributed by atoms with Gasteiger partial charge in [0.15, 0.2) is 0 Å². The molecule has 0 aliphatic heterocycles. The highest BCUT2D eigenvalue weighted by molar-refractivity contribution is 6.05. The van der Waals surface area contributed by atoms with Gasteiger partial charge in [0.05, 0.1) is 5.56 Å². The van der Waals surface area contributed by atoms with Crippen LogP contribution in [0, 0.1) is 6.92 Å². The maximum absolute atomic E-state index is 12.0. The average molecular weight is 272 g/mol. The van der Waals surface area contributed by atoms with Crippen LogP contribution in [-0.4, -0.2) is 27.1 Å². The van der Waals surface area contributed by atoms with E-state index in [-0.39, 0.29) is 17.1 Å². The van der Waals surface area contributed by atoms with Crippen LogP contribution in [-0.2, 0) is 0 Å². The number of carbonyl (C=O) groups is 2. The molecule has 0 aliphatic rings. The van der Waals surface area contributed by atoms with Crippen LogP contribution in [0.4, 0.5) is 5.82 Å². The standard InChI is InChI=1S/C14H12N2O4/c1-8-10(3-2-4-11(8)17)13(18)16-12-6-5-9(7-15-12)14(19)20/h2-7,17H,1H3,(H,19,20)(H,15,16,18). The van der Waals surface area contributed by atoms with E-state index < -0.39 is 11.9 Å². The molecule has 0 unspecified atom stereocenters. The Labute approximate surface area is 114 Å². The molecule has 0 bridgehead atoms. The number of aromatic hydroxyl groups is 1. The average Bonchev–Trinajstić information content (AvgIpc) is 2.42. The van der Waals surface area contributed by atoms with E-state index in [1.54, 1.807) is 19.1 Å². The molecule has 1 aromatic carbocycles. The number of pyridine rings is 1. The molecule has 0 atom stereocenters. The molecule has 1 amide bonds. The number of nitrogens with zero attached hydrogens (tertiary/aromatic N) is 1. The molecule has 0 saturated heterocycles. The number of benzene rings is 1. The first-order valence-corrected chi connectivity index (χ1v) is 5.78. The van der Waals surface area contributed by atoms with Gasteiger partial charge >= 0.3 is 5.97 Å². The Morgan fingerprint density at radius 1 is 1.20 bits per heavy atom. The van der Waals surface area contributed by atoms with Crippen molar-refractivity contribution < 1.29 is 19.8 Å². The number of carboxylic acids is 1. The lowest BCUT2D eigenvalue weighted by Gasteiger charge is -2.08. The van der Waals surface area contributed by atoms with Gasteiger partial charge < -0.3 is 15.5 Å². The minimum absolute atomic E-state index is 0.0341. The molecular formula is C14H12N2O4. The van der Waals surface area contributed by atoms with Crippen LogP contribution in [0.15, 0.2) is 36.5 Å². The predicted molar refractivity (Wildman–Crippen MR) is 72.0 cm³/mol. The van der Waals surface area contributed by atoms with E-state index >= 15 is 0 Å². The van der Waals surface area contributed by atoms with Gasteiger partial charge in [0, 0.05) is 17.3 Å². The van der Waals surface area contributed by atoms with Crippen molar-refractivity contribution in [3.05, 3.63) is 53.2 Å². The molecular weight excluding hydrogens is 260 g/mol. The Kier molecular flexibility index (Phi) is 3.65. The van der Waals surface area contributed by atoms with Gasteiger partial charge in [-0.05, 0) is 31.2 Å². The SMILES string of the molecule is Cc1c(O)cccc1C(=O)Nc1ccc(C(=O)O)cn1. The maximum atomic E-state index is 12.0. The van der Waals surface area contributed by atoms with Crippen LogP contribution >= 0.6 is 0 Å². The van der Waals surface area contributed by atoms with Gasteiger partial charge in [0.2, 0.25) is 0 Å². The Balaban J connectivity index is 2.19. The van der Waals surface area contributed by atoms with Crippen molar-refractivity contribution in [1.29, 1.82) is 0 Å². The van der Waals surface area contributed by atoms with Gasteiger partial charge in [-0.1, -0.05) is 6.07 Å². The van der Waals surface area contributed by atoms with Crippen molar-refractivity contribution in [2.45, 2.75) is 6.92 Å². The number of hydrogen-bond donors (Lipinski definition) is 3. The number of nitrogens with one attached hydrogen (secondary N) is 1. The summed E-state index contributed by atoms with van der Waals surface area (Å²) in [6, 6.07) is 7.39. The quantitative estimate of drug-likeness (QED) is 0.794. The number of carboxylic acid groups (broad SMARTS) is 1. The van der Waals surface area contributed by atoms with Crippen LogP contribution in [0.1, 0.15) is 26.3 Å². The van der Waals surface area contributed by atoms with Gasteiger partial charge in [-0.3, -0.25) is 4.79 Å². The van der Waals surface area contributed by atoms with E-state index in [1.807, 2.05) is 0 Å². The van der Waals surface area contributed by atoms with Crippen LogP contribution in [0.25, 0.3) is 0 Å². The lowest BCUT2D eigenvalue weighted by molar-refractivity contribution is 0.0696. The molecule has 20 heavy (non-hydrogen) atoms. The summed E-state index contributed by atoms with van der Waals surface area (Å²) < 4.78 is 0. The normalized spacial score (nSPS) is 10.1. The molecule has 1 heterocycles. The highest BCUT2D eigenvalue weighted by atomic mass is 16.4. The van der Waals surface area contributed by atoms with E-state index in [4.69, 9.17) is 5.11 Å². The molecule has 6 heteroatoms. The molecule has 3 N–H and O–H groups in total. The fourth-order valence-corrected chi connectivity index (χ4v) is 1.65. The smallest absolute Gasteiger partial charge is 0.337 e. The van der Waals surface area contributed by atoms with Crippen LogP contribution in [0.3, 0.4) is 0 Å². The number of carbonyl (C=O) groups excluding carboxylic acids is 1. The predicted octanol–water partition coefficient (Wildman–Crippen LogP) is 2.05. The fraction of sp³-hybridized carbons (Fsp3) is 0.0714. The largest absolute Gasteiger partial charge is 0.508 e. The third-order valence-electron chi connectivity index (χ3n) is 2.80. The Morgan fingerprint density at radius 2 is 1.95 bits per heavy atom. The Bertz CT molecular complexity index is 665. The van der Waals surface area contributed by atoms with Gasteiger partial charge in [-0.2, -0.15) is 0 Å². The van der Waals surface area contributed by atoms with Crippen molar-refractivity contribution in [2.75, 3.05) is 5.32 Å². The second kappa shape index (κ2) is 5.40.